The second kappa shape index (κ2) is 4.20. The van der Waals surface area contributed by atoms with Crippen LogP contribution in [-0.4, -0.2) is 59.6 Å². The maximum absolute atomic E-state index is 12.3. The van der Waals surface area contributed by atoms with Gasteiger partial charge in [0.1, 0.15) is 5.60 Å². The van der Waals surface area contributed by atoms with Crippen molar-refractivity contribution in [3.8, 4) is 0 Å². The molecule has 0 aromatic carbocycles. The summed E-state index contributed by atoms with van der Waals surface area (Å²) >= 11 is 0. The summed E-state index contributed by atoms with van der Waals surface area (Å²) in [4.78, 5) is 16.8. The molecule has 4 heteroatoms. The third-order valence-corrected chi connectivity index (χ3v) is 4.87. The van der Waals surface area contributed by atoms with E-state index in [1.165, 1.54) is 0 Å². The largest absolute Gasteiger partial charge is 0.357 e. The molecule has 0 aromatic rings. The number of ether oxygens (including phenoxy) is 1. The summed E-state index contributed by atoms with van der Waals surface area (Å²) in [5, 5.41) is 0. The fourth-order valence-electron chi connectivity index (χ4n) is 3.42. The predicted octanol–water partition coefficient (Wildman–Crippen LogP) is 1.25. The Kier molecular flexibility index (Phi) is 2.90. The van der Waals surface area contributed by atoms with Gasteiger partial charge in [0.05, 0.1) is 5.60 Å². The van der Waals surface area contributed by atoms with E-state index < -0.39 is 5.60 Å². The molecule has 0 N–H and O–H groups in total. The van der Waals surface area contributed by atoms with Crippen LogP contribution in [0, 0.1) is 0 Å². The number of nitrogens with zero attached hydrogens (tertiary/aromatic N) is 2. The van der Waals surface area contributed by atoms with E-state index in [1.807, 2.05) is 4.90 Å². The van der Waals surface area contributed by atoms with E-state index in [4.69, 9.17) is 4.74 Å². The van der Waals surface area contributed by atoms with Crippen molar-refractivity contribution in [1.82, 2.24) is 9.80 Å². The Labute approximate surface area is 109 Å². The normalized spacial score (nSPS) is 30.1. The van der Waals surface area contributed by atoms with E-state index in [0.717, 1.165) is 58.4 Å². The minimum absolute atomic E-state index is 0.0495. The lowest BCUT2D eigenvalue weighted by Gasteiger charge is -2.49. The zero-order chi connectivity index (χ0) is 12.8. The minimum atomic E-state index is -0.414. The Hall–Kier alpha value is -0.610. The van der Waals surface area contributed by atoms with Gasteiger partial charge in [0.15, 0.2) is 0 Å². The van der Waals surface area contributed by atoms with Gasteiger partial charge < -0.3 is 14.5 Å². The van der Waals surface area contributed by atoms with Gasteiger partial charge in [-0.1, -0.05) is 6.92 Å². The predicted molar refractivity (Wildman–Crippen MR) is 69.4 cm³/mol. The Morgan fingerprint density at radius 3 is 2.28 bits per heavy atom. The van der Waals surface area contributed by atoms with Gasteiger partial charge in [0.25, 0.3) is 5.91 Å². The minimum Gasteiger partial charge on any atom is -0.357 e. The Morgan fingerprint density at radius 1 is 1.11 bits per heavy atom. The lowest BCUT2D eigenvalue weighted by Crippen LogP contribution is -2.62. The highest BCUT2D eigenvalue weighted by Gasteiger charge is 2.61. The quantitative estimate of drug-likeness (QED) is 0.741. The van der Waals surface area contributed by atoms with Crippen LogP contribution in [0.5, 0.6) is 0 Å². The molecule has 3 aliphatic rings. The zero-order valence-electron chi connectivity index (χ0n) is 11.6. The number of amides is 1. The molecule has 2 saturated heterocycles. The molecule has 1 aliphatic carbocycles. The SMILES string of the molecule is CCN1CCC2(CC1)CN(CC)C(=O)C1(CC1)O2. The van der Waals surface area contributed by atoms with Crippen LogP contribution in [0.15, 0.2) is 0 Å². The van der Waals surface area contributed by atoms with Gasteiger partial charge >= 0.3 is 0 Å². The first-order chi connectivity index (χ1) is 8.63. The molecule has 0 aromatic heterocycles. The van der Waals surface area contributed by atoms with Crippen LogP contribution in [0.25, 0.3) is 0 Å². The first kappa shape index (κ1) is 12.4. The second-order valence-electron chi connectivity index (χ2n) is 6.03. The van der Waals surface area contributed by atoms with Crippen molar-refractivity contribution in [2.24, 2.45) is 0 Å². The monoisotopic (exact) mass is 252 g/mol. The number of likely N-dealkylation sites (tertiary alicyclic amines) is 1. The average Bonchev–Trinajstić information content (AvgIpc) is 3.16. The summed E-state index contributed by atoms with van der Waals surface area (Å²) in [5.41, 5.74) is -0.464. The van der Waals surface area contributed by atoms with Crippen molar-refractivity contribution in [3.63, 3.8) is 0 Å². The third-order valence-electron chi connectivity index (χ3n) is 4.87. The smallest absolute Gasteiger partial charge is 0.254 e. The third kappa shape index (κ3) is 1.86. The average molecular weight is 252 g/mol. The molecule has 0 radical (unpaired) electrons. The summed E-state index contributed by atoms with van der Waals surface area (Å²) < 4.78 is 6.33. The summed E-state index contributed by atoms with van der Waals surface area (Å²) in [7, 11) is 0. The molecular weight excluding hydrogens is 228 g/mol. The van der Waals surface area contributed by atoms with E-state index in [2.05, 4.69) is 18.7 Å². The van der Waals surface area contributed by atoms with Gasteiger partial charge in [-0.05, 0) is 39.2 Å². The van der Waals surface area contributed by atoms with Gasteiger partial charge in [0, 0.05) is 26.2 Å². The summed E-state index contributed by atoms with van der Waals surface area (Å²) in [6.07, 6.45) is 4.02. The van der Waals surface area contributed by atoms with Crippen molar-refractivity contribution in [2.75, 3.05) is 32.7 Å². The fraction of sp³-hybridized carbons (Fsp3) is 0.929. The van der Waals surface area contributed by atoms with Crippen LogP contribution in [0.1, 0.15) is 39.5 Å². The summed E-state index contributed by atoms with van der Waals surface area (Å²) in [6.45, 7) is 9.26. The van der Waals surface area contributed by atoms with Crippen molar-refractivity contribution in [2.45, 2.75) is 50.7 Å². The van der Waals surface area contributed by atoms with Gasteiger partial charge in [-0.25, -0.2) is 0 Å². The van der Waals surface area contributed by atoms with E-state index >= 15 is 0 Å². The van der Waals surface area contributed by atoms with E-state index in [1.54, 1.807) is 0 Å². The first-order valence-electron chi connectivity index (χ1n) is 7.35. The highest BCUT2D eigenvalue weighted by molar-refractivity contribution is 5.89. The Balaban J connectivity index is 1.75. The summed E-state index contributed by atoms with van der Waals surface area (Å²) in [5.74, 6) is 0.244. The molecule has 0 atom stereocenters. The van der Waals surface area contributed by atoms with Crippen LogP contribution in [-0.2, 0) is 9.53 Å². The number of hydrogen-bond donors (Lipinski definition) is 0. The molecule has 1 amide bonds. The number of carbonyl (C=O) groups excluding carboxylic acids is 1. The highest BCUT2D eigenvalue weighted by Crippen LogP contribution is 2.49. The van der Waals surface area contributed by atoms with Crippen molar-refractivity contribution in [3.05, 3.63) is 0 Å². The molecule has 2 heterocycles. The number of carbonyl (C=O) groups is 1. The van der Waals surface area contributed by atoms with Crippen molar-refractivity contribution < 1.29 is 9.53 Å². The number of morpholine rings is 1. The first-order valence-corrected chi connectivity index (χ1v) is 7.35. The number of hydrogen-bond acceptors (Lipinski definition) is 3. The molecule has 0 bridgehead atoms. The Bertz CT molecular complexity index is 344. The van der Waals surface area contributed by atoms with Gasteiger partial charge in [-0.15, -0.1) is 0 Å². The number of piperidine rings is 1. The zero-order valence-corrected chi connectivity index (χ0v) is 11.6. The molecule has 3 fully saturated rings. The van der Waals surface area contributed by atoms with E-state index in [-0.39, 0.29) is 11.5 Å². The lowest BCUT2D eigenvalue weighted by atomic mass is 9.88. The van der Waals surface area contributed by atoms with Crippen LogP contribution in [0.4, 0.5) is 0 Å². The van der Waals surface area contributed by atoms with Crippen LogP contribution >= 0.6 is 0 Å². The molecule has 3 rings (SSSR count). The molecular formula is C14H24N2O2. The number of rotatable bonds is 2. The molecule has 18 heavy (non-hydrogen) atoms. The van der Waals surface area contributed by atoms with Crippen LogP contribution in [0.3, 0.4) is 0 Å². The topological polar surface area (TPSA) is 32.8 Å². The summed E-state index contributed by atoms with van der Waals surface area (Å²) in [6, 6.07) is 0. The molecule has 4 nitrogen and oxygen atoms in total. The van der Waals surface area contributed by atoms with Crippen molar-refractivity contribution in [1.29, 1.82) is 0 Å². The lowest BCUT2D eigenvalue weighted by molar-refractivity contribution is -0.200. The molecule has 0 unspecified atom stereocenters. The number of likely N-dealkylation sites (N-methyl/N-ethyl adjacent to an activating group) is 1. The van der Waals surface area contributed by atoms with Gasteiger partial charge in [-0.3, -0.25) is 4.79 Å². The van der Waals surface area contributed by atoms with Gasteiger partial charge in [-0.2, -0.15) is 0 Å². The van der Waals surface area contributed by atoms with Gasteiger partial charge in [0.2, 0.25) is 0 Å². The van der Waals surface area contributed by atoms with E-state index in [0.29, 0.717) is 0 Å². The Morgan fingerprint density at radius 2 is 1.78 bits per heavy atom. The molecule has 2 aliphatic heterocycles. The van der Waals surface area contributed by atoms with Crippen LogP contribution in [0.2, 0.25) is 0 Å². The standard InChI is InChI=1S/C14H24N2O2/c1-3-15-9-7-13(8-10-15)11-16(4-2)12(17)14(18-13)5-6-14/h3-11H2,1-2H3. The second-order valence-corrected chi connectivity index (χ2v) is 6.03. The van der Waals surface area contributed by atoms with Crippen molar-refractivity contribution >= 4 is 5.91 Å². The molecule has 2 spiro atoms. The molecule has 1 saturated carbocycles. The maximum Gasteiger partial charge on any atom is 0.254 e. The van der Waals surface area contributed by atoms with E-state index in [9.17, 15) is 4.79 Å². The highest BCUT2D eigenvalue weighted by atomic mass is 16.5. The molecule has 102 valence electrons. The van der Waals surface area contributed by atoms with Crippen LogP contribution < -0.4 is 0 Å². The maximum atomic E-state index is 12.3. The fourth-order valence-corrected chi connectivity index (χ4v) is 3.42.